The van der Waals surface area contributed by atoms with E-state index in [1.54, 1.807) is 54.6 Å². The van der Waals surface area contributed by atoms with Gasteiger partial charge in [0.15, 0.2) is 5.88 Å². The van der Waals surface area contributed by atoms with Crippen LogP contribution in [0.3, 0.4) is 0 Å². The summed E-state index contributed by atoms with van der Waals surface area (Å²) in [5.41, 5.74) is 2.88. The number of nitrogens with zero attached hydrogens (tertiary/aromatic N) is 3. The van der Waals surface area contributed by atoms with Gasteiger partial charge in [-0.1, -0.05) is 65.3 Å². The fourth-order valence-corrected chi connectivity index (χ4v) is 5.22. The van der Waals surface area contributed by atoms with E-state index in [1.807, 2.05) is 78.8 Å². The molecule has 0 unspecified atom stereocenters. The highest BCUT2D eigenvalue weighted by Gasteiger charge is 2.25. The average Bonchev–Trinajstić information content (AvgIpc) is 3.75. The molecule has 4 rings (SSSR count). The van der Waals surface area contributed by atoms with Crippen LogP contribution in [-0.4, -0.2) is 68.9 Å². The highest BCUT2D eigenvalue weighted by Crippen LogP contribution is 2.33. The Balaban J connectivity index is 0.00000192. The van der Waals surface area contributed by atoms with E-state index in [2.05, 4.69) is 41.0 Å². The average molecular weight is 747 g/mol. The minimum atomic E-state index is -0.713. The van der Waals surface area contributed by atoms with Crippen molar-refractivity contribution in [3.8, 4) is 22.5 Å². The Kier molecular flexibility index (Phi) is 16.8. The summed E-state index contributed by atoms with van der Waals surface area (Å²) >= 11 is 0. The van der Waals surface area contributed by atoms with E-state index < -0.39 is 23.4 Å². The molecule has 0 bridgehead atoms. The van der Waals surface area contributed by atoms with E-state index in [4.69, 9.17) is 14.2 Å². The van der Waals surface area contributed by atoms with Crippen LogP contribution in [-0.2, 0) is 19.0 Å². The number of anilines is 1. The predicted octanol–water partition coefficient (Wildman–Crippen LogP) is 10.3. The molecule has 0 fully saturated rings. The van der Waals surface area contributed by atoms with Crippen molar-refractivity contribution in [1.82, 2.24) is 24.8 Å². The maximum Gasteiger partial charge on any atom is 0.419 e. The minimum absolute atomic E-state index is 0.0631. The molecule has 0 aliphatic rings. The van der Waals surface area contributed by atoms with Crippen molar-refractivity contribution < 1.29 is 28.6 Å². The fourth-order valence-electron chi connectivity index (χ4n) is 5.22. The van der Waals surface area contributed by atoms with Gasteiger partial charge in [-0.3, -0.25) is 10.1 Å². The maximum atomic E-state index is 13.5. The van der Waals surface area contributed by atoms with E-state index >= 15 is 0 Å². The zero-order valence-corrected chi connectivity index (χ0v) is 34.6. The Labute approximate surface area is 321 Å². The van der Waals surface area contributed by atoms with Gasteiger partial charge in [-0.25, -0.2) is 19.1 Å². The summed E-state index contributed by atoms with van der Waals surface area (Å²) in [5.74, 6) is 0.892. The molecule has 2 aromatic heterocycles. The number of carbonyl (C=O) groups excluding carboxylic acids is 3. The van der Waals surface area contributed by atoms with Crippen molar-refractivity contribution >= 4 is 34.7 Å². The molecule has 3 N–H and O–H groups in total. The third kappa shape index (κ3) is 13.0. The lowest BCUT2D eigenvalue weighted by Crippen LogP contribution is -2.40. The second-order valence-electron chi connectivity index (χ2n) is 14.5. The number of methoxy groups -OCH3 is 1. The zero-order valence-electron chi connectivity index (χ0n) is 34.6. The molecule has 0 saturated heterocycles. The number of nitrogens with one attached hydrogen (secondary N) is 3. The summed E-state index contributed by atoms with van der Waals surface area (Å²) in [7, 11) is 1.49. The Morgan fingerprint density at radius 3 is 2.07 bits per heavy atom. The number of aromatic nitrogens is 3. The molecule has 2 amide bonds. The Bertz CT molecular complexity index is 1830. The van der Waals surface area contributed by atoms with Crippen LogP contribution in [0.25, 0.3) is 33.4 Å². The van der Waals surface area contributed by atoms with Crippen molar-refractivity contribution in [1.29, 1.82) is 0 Å². The molecule has 0 aliphatic heterocycles. The SMILES string of the molecule is C=C(NCC(=O)N(CCC)[C@H](C)c1ncc(-c2ccc(-c3cc4cc(NC(=O)OC(C)(C)C)ccc4n3C(=O)OC(C)(C)C)cc2)[nH]1)OC.CC.CCC. The number of H-pyrrole nitrogens is 1. The first-order chi connectivity index (χ1) is 25.4. The normalized spacial score (nSPS) is 11.6. The van der Waals surface area contributed by atoms with Gasteiger partial charge in [0.2, 0.25) is 5.91 Å². The fraction of sp³-hybridized carbons (Fsp3) is 0.476. The number of hydrogen-bond donors (Lipinski definition) is 3. The van der Waals surface area contributed by atoms with E-state index in [0.29, 0.717) is 35.2 Å². The number of hydrogen-bond acceptors (Lipinski definition) is 8. The molecular formula is C42H62N6O6. The highest BCUT2D eigenvalue weighted by atomic mass is 16.6. The van der Waals surface area contributed by atoms with Gasteiger partial charge in [-0.05, 0) is 96.9 Å². The molecule has 0 spiro atoms. The number of fused-ring (bicyclic) bond motifs is 1. The van der Waals surface area contributed by atoms with Gasteiger partial charge in [0.05, 0.1) is 42.8 Å². The van der Waals surface area contributed by atoms with Gasteiger partial charge >= 0.3 is 12.2 Å². The molecular weight excluding hydrogens is 684 g/mol. The molecule has 1 atom stereocenters. The Morgan fingerprint density at radius 2 is 1.52 bits per heavy atom. The van der Waals surface area contributed by atoms with E-state index in [-0.39, 0.29) is 18.5 Å². The topological polar surface area (TPSA) is 140 Å². The quantitative estimate of drug-likeness (QED) is 0.129. The van der Waals surface area contributed by atoms with Crippen LogP contribution in [0.1, 0.15) is 108 Å². The number of carbonyl (C=O) groups is 3. The van der Waals surface area contributed by atoms with Crippen molar-refractivity contribution in [3.05, 3.63) is 73.0 Å². The lowest BCUT2D eigenvalue weighted by atomic mass is 10.1. The van der Waals surface area contributed by atoms with Crippen molar-refractivity contribution in [3.63, 3.8) is 0 Å². The molecule has 4 aromatic rings. The summed E-state index contributed by atoms with van der Waals surface area (Å²) < 4.78 is 17.7. The largest absolute Gasteiger partial charge is 0.483 e. The van der Waals surface area contributed by atoms with Crippen molar-refractivity contribution in [2.45, 2.75) is 113 Å². The number of ether oxygens (including phenoxy) is 3. The first kappa shape index (κ1) is 44.9. The summed E-state index contributed by atoms with van der Waals surface area (Å²) in [6, 6.07) is 14.6. The zero-order chi connectivity index (χ0) is 40.8. The van der Waals surface area contributed by atoms with Gasteiger partial charge in [-0.2, -0.15) is 0 Å². The smallest absolute Gasteiger partial charge is 0.419 e. The molecule has 0 aliphatic carbocycles. The van der Waals surface area contributed by atoms with Gasteiger partial charge < -0.3 is 29.4 Å². The number of rotatable bonds is 11. The van der Waals surface area contributed by atoms with Crippen LogP contribution in [0, 0.1) is 0 Å². The lowest BCUT2D eigenvalue weighted by Gasteiger charge is -2.28. The van der Waals surface area contributed by atoms with Gasteiger partial charge in [-0.15, -0.1) is 0 Å². The van der Waals surface area contributed by atoms with Gasteiger partial charge in [0.1, 0.15) is 17.0 Å². The van der Waals surface area contributed by atoms with Crippen LogP contribution in [0.5, 0.6) is 0 Å². The van der Waals surface area contributed by atoms with Crippen LogP contribution in [0.2, 0.25) is 0 Å². The highest BCUT2D eigenvalue weighted by molar-refractivity contribution is 5.99. The van der Waals surface area contributed by atoms with Crippen LogP contribution in [0.4, 0.5) is 15.3 Å². The number of amides is 2. The van der Waals surface area contributed by atoms with E-state index in [0.717, 1.165) is 28.6 Å². The summed E-state index contributed by atoms with van der Waals surface area (Å²) in [6.45, 7) is 27.4. The predicted molar refractivity (Wildman–Crippen MR) is 218 cm³/mol. The Hall–Kier alpha value is -5.26. The number of imidazole rings is 1. The Morgan fingerprint density at radius 1 is 0.926 bits per heavy atom. The minimum Gasteiger partial charge on any atom is -0.483 e. The van der Waals surface area contributed by atoms with E-state index in [1.165, 1.54) is 13.5 Å². The molecule has 2 aromatic carbocycles. The first-order valence-electron chi connectivity index (χ1n) is 18.7. The molecule has 12 heteroatoms. The maximum absolute atomic E-state index is 13.5. The second kappa shape index (κ2) is 20.3. The third-order valence-electron chi connectivity index (χ3n) is 7.44. The lowest BCUT2D eigenvalue weighted by molar-refractivity contribution is -0.132. The first-order valence-corrected chi connectivity index (χ1v) is 18.7. The summed E-state index contributed by atoms with van der Waals surface area (Å²) in [6.07, 6.45) is 2.70. The molecule has 2 heterocycles. The van der Waals surface area contributed by atoms with Crippen molar-refractivity contribution in [2.24, 2.45) is 0 Å². The standard InChI is InChI=1S/C37H48N6O6.C3H8.C2H6/c1-11-18-42(32(44)22-38-24(3)47-10)23(2)33-39-21-29(41-33)25-12-14-26(15-13-25)31-20-27-19-28(40-34(45)48-36(4,5)6)16-17-30(27)43(31)35(46)49-37(7,8)9;1-3-2;1-2/h12-17,19-21,23,38H,3,11,18,22H2,1-2,4-10H3,(H,39,41)(H,40,45);3H2,1-2H3;1-2H3/t23-;;/m1../s1. The second-order valence-corrected chi connectivity index (χ2v) is 14.5. The van der Waals surface area contributed by atoms with Crippen LogP contribution in [0.15, 0.2) is 67.2 Å². The van der Waals surface area contributed by atoms with Crippen LogP contribution < -0.4 is 10.6 Å². The van der Waals surface area contributed by atoms with Crippen molar-refractivity contribution in [2.75, 3.05) is 25.5 Å². The van der Waals surface area contributed by atoms with Gasteiger partial charge in [0.25, 0.3) is 0 Å². The van der Waals surface area contributed by atoms with Gasteiger partial charge in [0, 0.05) is 17.6 Å². The molecule has 54 heavy (non-hydrogen) atoms. The number of benzene rings is 2. The van der Waals surface area contributed by atoms with Crippen LogP contribution >= 0.6 is 0 Å². The molecule has 0 radical (unpaired) electrons. The number of aromatic amines is 1. The van der Waals surface area contributed by atoms with E-state index in [9.17, 15) is 14.4 Å². The summed E-state index contributed by atoms with van der Waals surface area (Å²) in [4.78, 5) is 48.7. The monoisotopic (exact) mass is 746 g/mol. The summed E-state index contributed by atoms with van der Waals surface area (Å²) in [5, 5.41) is 6.38. The molecule has 12 nitrogen and oxygen atoms in total. The third-order valence-corrected chi connectivity index (χ3v) is 7.44. The molecule has 0 saturated carbocycles. The molecule has 296 valence electrons.